The summed E-state index contributed by atoms with van der Waals surface area (Å²) in [6.07, 6.45) is 6.95. The summed E-state index contributed by atoms with van der Waals surface area (Å²) in [5.41, 5.74) is 5.40. The highest BCUT2D eigenvalue weighted by atomic mass is 15.3. The van der Waals surface area contributed by atoms with Crippen molar-refractivity contribution in [2.24, 2.45) is 10.8 Å². The van der Waals surface area contributed by atoms with Crippen molar-refractivity contribution in [1.82, 2.24) is 5.43 Å². The van der Waals surface area contributed by atoms with Crippen LogP contribution in [0.5, 0.6) is 0 Å². The second-order valence-electron chi connectivity index (χ2n) is 5.14. The van der Waals surface area contributed by atoms with Gasteiger partial charge in [0.2, 0.25) is 0 Å². The molecular weight excluding hydrogens is 222 g/mol. The van der Waals surface area contributed by atoms with Gasteiger partial charge in [0.25, 0.3) is 0 Å². The van der Waals surface area contributed by atoms with E-state index in [-0.39, 0.29) is 0 Å². The third kappa shape index (κ3) is 3.84. The van der Waals surface area contributed by atoms with E-state index in [0.29, 0.717) is 6.04 Å². The third-order valence-corrected chi connectivity index (χ3v) is 3.60. The molecule has 3 heteroatoms. The maximum Gasteiger partial charge on any atom is 0.111 e. The molecule has 0 atom stereocenters. The molecule has 1 saturated carbocycles. The number of aliphatic imine (C=N–C) groups is 1. The van der Waals surface area contributed by atoms with Crippen LogP contribution in [0.25, 0.3) is 0 Å². The van der Waals surface area contributed by atoms with Crippen molar-refractivity contribution >= 4 is 5.84 Å². The summed E-state index contributed by atoms with van der Waals surface area (Å²) in [6.45, 7) is 2.11. The Morgan fingerprint density at radius 3 is 2.56 bits per heavy atom. The molecule has 3 N–H and O–H groups in total. The van der Waals surface area contributed by atoms with Gasteiger partial charge in [-0.25, -0.2) is 5.84 Å². The molecule has 1 aromatic carbocycles. The number of hydrogen-bond acceptors (Lipinski definition) is 2. The van der Waals surface area contributed by atoms with E-state index in [1.807, 2.05) is 0 Å². The SMILES string of the molecule is Cc1ccc(CCC(=NC2CCCC2)NN)cc1. The molecule has 0 aliphatic heterocycles. The minimum absolute atomic E-state index is 0.495. The van der Waals surface area contributed by atoms with Gasteiger partial charge in [-0.2, -0.15) is 0 Å². The van der Waals surface area contributed by atoms with Crippen molar-refractivity contribution < 1.29 is 0 Å². The third-order valence-electron chi connectivity index (χ3n) is 3.60. The lowest BCUT2D eigenvalue weighted by atomic mass is 10.1. The fourth-order valence-corrected chi connectivity index (χ4v) is 2.45. The highest BCUT2D eigenvalue weighted by Crippen LogP contribution is 2.21. The zero-order valence-corrected chi connectivity index (χ0v) is 11.2. The van der Waals surface area contributed by atoms with Gasteiger partial charge in [-0.3, -0.25) is 4.99 Å². The maximum absolute atomic E-state index is 5.56. The van der Waals surface area contributed by atoms with Gasteiger partial charge in [0, 0.05) is 6.42 Å². The summed E-state index contributed by atoms with van der Waals surface area (Å²) in [5.74, 6) is 6.51. The second kappa shape index (κ2) is 6.55. The number of hydrogen-bond donors (Lipinski definition) is 2. The predicted molar refractivity (Wildman–Crippen MR) is 76.5 cm³/mol. The molecule has 0 radical (unpaired) electrons. The van der Waals surface area contributed by atoms with Crippen molar-refractivity contribution in [2.45, 2.75) is 51.5 Å². The summed E-state index contributed by atoms with van der Waals surface area (Å²) < 4.78 is 0. The number of aryl methyl sites for hydroxylation is 2. The van der Waals surface area contributed by atoms with E-state index in [1.165, 1.54) is 36.8 Å². The van der Waals surface area contributed by atoms with Crippen LogP contribution in [-0.4, -0.2) is 11.9 Å². The number of nitrogens with two attached hydrogens (primary N) is 1. The van der Waals surface area contributed by atoms with Gasteiger partial charge < -0.3 is 5.43 Å². The molecular formula is C15H23N3. The summed E-state index contributed by atoms with van der Waals surface area (Å²) in [4.78, 5) is 4.71. The van der Waals surface area contributed by atoms with E-state index in [9.17, 15) is 0 Å². The lowest BCUT2D eigenvalue weighted by Crippen LogP contribution is -2.31. The summed E-state index contributed by atoms with van der Waals surface area (Å²) in [6, 6.07) is 9.16. The van der Waals surface area contributed by atoms with Gasteiger partial charge in [0.05, 0.1) is 6.04 Å². The summed E-state index contributed by atoms with van der Waals surface area (Å²) in [7, 11) is 0. The van der Waals surface area contributed by atoms with Crippen molar-refractivity contribution in [3.05, 3.63) is 35.4 Å². The average molecular weight is 245 g/mol. The number of hydrazine groups is 1. The van der Waals surface area contributed by atoms with Crippen LogP contribution in [0, 0.1) is 6.92 Å². The van der Waals surface area contributed by atoms with Crippen LogP contribution in [0.3, 0.4) is 0 Å². The van der Waals surface area contributed by atoms with Gasteiger partial charge in [0.15, 0.2) is 0 Å². The number of amidine groups is 1. The predicted octanol–water partition coefficient (Wildman–Crippen LogP) is 2.73. The first-order valence-electron chi connectivity index (χ1n) is 6.87. The van der Waals surface area contributed by atoms with Crippen molar-refractivity contribution in [3.8, 4) is 0 Å². The largest absolute Gasteiger partial charge is 0.312 e. The molecule has 0 saturated heterocycles. The van der Waals surface area contributed by atoms with Gasteiger partial charge in [-0.05, 0) is 31.7 Å². The van der Waals surface area contributed by atoms with E-state index in [0.717, 1.165) is 18.7 Å². The van der Waals surface area contributed by atoms with Gasteiger partial charge in [-0.1, -0.05) is 42.7 Å². The summed E-state index contributed by atoms with van der Waals surface area (Å²) in [5, 5.41) is 0. The van der Waals surface area contributed by atoms with Crippen LogP contribution >= 0.6 is 0 Å². The topological polar surface area (TPSA) is 50.4 Å². The smallest absolute Gasteiger partial charge is 0.111 e. The Hall–Kier alpha value is -1.35. The molecule has 0 bridgehead atoms. The van der Waals surface area contributed by atoms with Gasteiger partial charge in [-0.15, -0.1) is 0 Å². The standard InChI is InChI=1S/C15H23N3/c1-12-6-8-13(9-7-12)10-11-15(18-16)17-14-4-2-3-5-14/h6-9,14H,2-5,10-11,16H2,1H3,(H,17,18). The lowest BCUT2D eigenvalue weighted by Gasteiger charge is -2.09. The highest BCUT2D eigenvalue weighted by molar-refractivity contribution is 5.82. The van der Waals surface area contributed by atoms with Crippen molar-refractivity contribution in [1.29, 1.82) is 0 Å². The maximum atomic E-state index is 5.56. The zero-order chi connectivity index (χ0) is 12.8. The van der Waals surface area contributed by atoms with Crippen molar-refractivity contribution in [2.75, 3.05) is 0 Å². The summed E-state index contributed by atoms with van der Waals surface area (Å²) >= 11 is 0. The van der Waals surface area contributed by atoms with Crippen LogP contribution in [0.4, 0.5) is 0 Å². The number of rotatable bonds is 4. The van der Waals surface area contributed by atoms with Crippen LogP contribution in [-0.2, 0) is 6.42 Å². The Morgan fingerprint density at radius 2 is 1.94 bits per heavy atom. The van der Waals surface area contributed by atoms with Crippen LogP contribution in [0.2, 0.25) is 0 Å². The molecule has 2 rings (SSSR count). The molecule has 1 aliphatic carbocycles. The Morgan fingerprint density at radius 1 is 1.28 bits per heavy atom. The quantitative estimate of drug-likeness (QED) is 0.371. The minimum Gasteiger partial charge on any atom is -0.312 e. The number of nitrogens with one attached hydrogen (secondary N) is 1. The Kier molecular flexibility index (Phi) is 4.76. The van der Waals surface area contributed by atoms with E-state index >= 15 is 0 Å². The van der Waals surface area contributed by atoms with E-state index in [1.54, 1.807) is 0 Å². The van der Waals surface area contributed by atoms with Crippen LogP contribution in [0.15, 0.2) is 29.3 Å². The fraction of sp³-hybridized carbons (Fsp3) is 0.533. The highest BCUT2D eigenvalue weighted by Gasteiger charge is 2.14. The molecule has 18 heavy (non-hydrogen) atoms. The molecule has 0 aromatic heterocycles. The monoisotopic (exact) mass is 245 g/mol. The van der Waals surface area contributed by atoms with Gasteiger partial charge >= 0.3 is 0 Å². The average Bonchev–Trinajstić information content (AvgIpc) is 2.89. The van der Waals surface area contributed by atoms with E-state index in [4.69, 9.17) is 10.8 Å². The Balaban J connectivity index is 1.88. The van der Waals surface area contributed by atoms with E-state index in [2.05, 4.69) is 36.6 Å². The van der Waals surface area contributed by atoms with Crippen molar-refractivity contribution in [3.63, 3.8) is 0 Å². The first-order valence-corrected chi connectivity index (χ1v) is 6.87. The van der Waals surface area contributed by atoms with Crippen LogP contribution in [0.1, 0.15) is 43.2 Å². The first-order chi connectivity index (χ1) is 8.78. The fourth-order valence-electron chi connectivity index (χ4n) is 2.45. The molecule has 0 spiro atoms. The van der Waals surface area contributed by atoms with Gasteiger partial charge in [0.1, 0.15) is 5.84 Å². The van der Waals surface area contributed by atoms with E-state index < -0.39 is 0 Å². The lowest BCUT2D eigenvalue weighted by molar-refractivity contribution is 0.694. The Bertz CT molecular complexity index is 389. The minimum atomic E-state index is 0.495. The molecule has 0 unspecified atom stereocenters. The molecule has 0 amide bonds. The molecule has 1 fully saturated rings. The number of benzene rings is 1. The second-order valence-corrected chi connectivity index (χ2v) is 5.14. The molecule has 0 heterocycles. The first kappa shape index (κ1) is 13.1. The molecule has 1 aliphatic rings. The van der Waals surface area contributed by atoms with Crippen LogP contribution < -0.4 is 11.3 Å². The number of nitrogens with zero attached hydrogens (tertiary/aromatic N) is 1. The normalized spacial score (nSPS) is 17.1. The zero-order valence-electron chi connectivity index (χ0n) is 11.2. The molecule has 98 valence electrons. The molecule has 1 aromatic rings. The molecule has 3 nitrogen and oxygen atoms in total. The Labute approximate surface area is 109 Å².